The van der Waals surface area contributed by atoms with Crippen LogP contribution in [0.1, 0.15) is 34.1 Å². The van der Waals surface area contributed by atoms with Gasteiger partial charge in [0.25, 0.3) is 21.9 Å². The van der Waals surface area contributed by atoms with Crippen LogP contribution in [0.4, 0.5) is 0 Å². The molecule has 2 aromatic rings. The van der Waals surface area contributed by atoms with Crippen LogP contribution in [0.15, 0.2) is 35.2 Å². The summed E-state index contributed by atoms with van der Waals surface area (Å²) in [5, 5.41) is 1.53. The van der Waals surface area contributed by atoms with E-state index in [1.807, 2.05) is 6.07 Å². The molecule has 0 saturated heterocycles. The third-order valence-corrected chi connectivity index (χ3v) is 7.02. The number of thioether (sulfide) groups is 2. The van der Waals surface area contributed by atoms with Crippen LogP contribution in [0.25, 0.3) is 10.8 Å². The molecule has 8 nitrogen and oxygen atoms in total. The first kappa shape index (κ1) is 23.6. The zero-order valence-corrected chi connectivity index (χ0v) is 19.4. The average Bonchev–Trinajstić information content (AvgIpc) is 2.71. The molecule has 0 unspecified atom stereocenters. The lowest BCUT2D eigenvalue weighted by molar-refractivity contribution is -0.142. The molecule has 166 valence electrons. The normalized spacial score (nSPS) is 13.7. The lowest BCUT2D eigenvalue weighted by Crippen LogP contribution is -2.41. The van der Waals surface area contributed by atoms with Crippen LogP contribution in [-0.4, -0.2) is 61.4 Å². The number of hydrogen-bond donors (Lipinski definition) is 0. The van der Waals surface area contributed by atoms with Crippen LogP contribution in [0, 0.1) is 0 Å². The smallest absolute Gasteiger partial charge is 0.306 e. The van der Waals surface area contributed by atoms with Crippen molar-refractivity contribution in [2.45, 2.75) is 18.2 Å². The molecule has 1 aliphatic heterocycles. The van der Waals surface area contributed by atoms with Crippen molar-refractivity contribution >= 4 is 62.2 Å². The topological polar surface area (TPSA) is 107 Å². The van der Waals surface area contributed by atoms with Gasteiger partial charge in [-0.15, -0.1) is 21.1 Å². The zero-order valence-electron chi connectivity index (χ0n) is 17.0. The summed E-state index contributed by atoms with van der Waals surface area (Å²) in [6.07, 6.45) is 1.15. The highest BCUT2D eigenvalue weighted by atomic mass is 32.2. The van der Waals surface area contributed by atoms with Gasteiger partial charge in [-0.2, -0.15) is 20.2 Å². The van der Waals surface area contributed by atoms with Crippen LogP contribution in [0.5, 0.6) is 0 Å². The molecular formula is C20H21NO7S3. The third kappa shape index (κ3) is 5.59. The first-order valence-electron chi connectivity index (χ1n) is 9.43. The monoisotopic (exact) mass is 483 g/mol. The summed E-state index contributed by atoms with van der Waals surface area (Å²) in [6.45, 7) is 2.16. The summed E-state index contributed by atoms with van der Waals surface area (Å²) in [4.78, 5) is 37.7. The summed E-state index contributed by atoms with van der Waals surface area (Å²) in [5.74, 6) is 0.450. The number of carbonyl (C=O) groups excluding carboxylic acids is 3. The van der Waals surface area contributed by atoms with Crippen molar-refractivity contribution in [3.05, 3.63) is 41.5 Å². The minimum atomic E-state index is -4.05. The van der Waals surface area contributed by atoms with Crippen molar-refractivity contribution in [1.82, 2.24) is 5.06 Å². The second kappa shape index (κ2) is 10.0. The van der Waals surface area contributed by atoms with Gasteiger partial charge in [0.15, 0.2) is 0 Å². The maximum absolute atomic E-state index is 12.7. The number of hydroxylamine groups is 2. The minimum absolute atomic E-state index is 0.200. The van der Waals surface area contributed by atoms with Gasteiger partial charge in [0, 0.05) is 27.5 Å². The average molecular weight is 484 g/mol. The number of ether oxygens (including phenoxy) is 1. The molecule has 0 atom stereocenters. The Kier molecular flexibility index (Phi) is 7.63. The molecule has 31 heavy (non-hydrogen) atoms. The highest BCUT2D eigenvalue weighted by Gasteiger charge is 2.36. The SMILES string of the molecule is CCOC(=O)CCSCCSc1ccc2c3c(cccc13)C(=O)N(OS(C)(=O)=O)C2=O. The van der Waals surface area contributed by atoms with Gasteiger partial charge >= 0.3 is 5.97 Å². The first-order chi connectivity index (χ1) is 14.7. The minimum Gasteiger partial charge on any atom is -0.466 e. The van der Waals surface area contributed by atoms with E-state index in [1.165, 1.54) is 0 Å². The van der Waals surface area contributed by atoms with Crippen molar-refractivity contribution in [1.29, 1.82) is 0 Å². The molecule has 1 heterocycles. The van der Waals surface area contributed by atoms with Gasteiger partial charge in [-0.25, -0.2) is 0 Å². The summed E-state index contributed by atoms with van der Waals surface area (Å²) in [5.41, 5.74) is 0.420. The van der Waals surface area contributed by atoms with Gasteiger partial charge in [0.05, 0.1) is 30.4 Å². The molecule has 0 saturated carbocycles. The summed E-state index contributed by atoms with van der Waals surface area (Å²) < 4.78 is 32.4. The van der Waals surface area contributed by atoms with E-state index in [9.17, 15) is 22.8 Å². The molecule has 0 spiro atoms. The van der Waals surface area contributed by atoms with Gasteiger partial charge in [0.1, 0.15) is 0 Å². The van der Waals surface area contributed by atoms with Crippen molar-refractivity contribution in [2.75, 3.05) is 30.1 Å². The second-order valence-electron chi connectivity index (χ2n) is 6.54. The molecule has 0 radical (unpaired) electrons. The number of benzene rings is 2. The number of rotatable bonds is 10. The van der Waals surface area contributed by atoms with Gasteiger partial charge in [-0.05, 0) is 30.5 Å². The Hall–Kier alpha value is -2.08. The van der Waals surface area contributed by atoms with Crippen molar-refractivity contribution in [3.8, 4) is 0 Å². The molecular weight excluding hydrogens is 462 g/mol. The molecule has 0 fully saturated rings. The van der Waals surface area contributed by atoms with Gasteiger partial charge < -0.3 is 4.74 Å². The van der Waals surface area contributed by atoms with E-state index in [-0.39, 0.29) is 17.1 Å². The van der Waals surface area contributed by atoms with Crippen LogP contribution in [-0.2, 0) is 23.9 Å². The summed E-state index contributed by atoms with van der Waals surface area (Å²) in [6, 6.07) is 8.41. The maximum Gasteiger partial charge on any atom is 0.306 e. The molecule has 11 heteroatoms. The summed E-state index contributed by atoms with van der Waals surface area (Å²) in [7, 11) is -4.05. The third-order valence-electron chi connectivity index (χ3n) is 4.28. The lowest BCUT2D eigenvalue weighted by Gasteiger charge is -2.25. The van der Waals surface area contributed by atoms with E-state index in [0.717, 1.165) is 28.0 Å². The van der Waals surface area contributed by atoms with Crippen LogP contribution in [0.2, 0.25) is 0 Å². The maximum atomic E-state index is 12.7. The highest BCUT2D eigenvalue weighted by molar-refractivity contribution is 8.03. The molecule has 0 aliphatic carbocycles. The Morgan fingerprint density at radius 3 is 2.42 bits per heavy atom. The van der Waals surface area contributed by atoms with Crippen molar-refractivity contribution < 1.29 is 31.8 Å². The Morgan fingerprint density at radius 2 is 1.74 bits per heavy atom. The first-order valence-corrected chi connectivity index (χ1v) is 13.4. The fourth-order valence-electron chi connectivity index (χ4n) is 3.08. The molecule has 0 bridgehead atoms. The number of amides is 2. The zero-order chi connectivity index (χ0) is 22.6. The molecule has 0 aromatic heterocycles. The van der Waals surface area contributed by atoms with Gasteiger partial charge in [0.2, 0.25) is 0 Å². The number of hydrogen-bond acceptors (Lipinski definition) is 9. The molecule has 2 aromatic carbocycles. The predicted molar refractivity (Wildman–Crippen MR) is 120 cm³/mol. The number of nitrogens with zero attached hydrogens (tertiary/aromatic N) is 1. The van der Waals surface area contributed by atoms with E-state index in [2.05, 4.69) is 4.28 Å². The van der Waals surface area contributed by atoms with E-state index >= 15 is 0 Å². The number of esters is 1. The van der Waals surface area contributed by atoms with Crippen molar-refractivity contribution in [3.63, 3.8) is 0 Å². The number of imide groups is 1. The standard InChI is InChI=1S/C20H21NO7S3/c1-3-27-17(22)9-10-29-11-12-30-16-8-7-15-18-13(16)5-4-6-14(18)19(23)21(20(15)24)28-31(2,25)26/h4-8H,3,9-12H2,1-2H3. The number of carbonyl (C=O) groups is 3. The Bertz CT molecular complexity index is 1110. The highest BCUT2D eigenvalue weighted by Crippen LogP contribution is 2.36. The Balaban J connectivity index is 1.74. The summed E-state index contributed by atoms with van der Waals surface area (Å²) >= 11 is 3.23. The van der Waals surface area contributed by atoms with Gasteiger partial charge in [-0.1, -0.05) is 12.1 Å². The predicted octanol–water partition coefficient (Wildman–Crippen LogP) is 3.11. The molecule has 0 N–H and O–H groups in total. The van der Waals surface area contributed by atoms with Crippen molar-refractivity contribution in [2.24, 2.45) is 0 Å². The fraction of sp³-hybridized carbons (Fsp3) is 0.350. The van der Waals surface area contributed by atoms with Crippen LogP contribution >= 0.6 is 23.5 Å². The van der Waals surface area contributed by atoms with E-state index in [1.54, 1.807) is 54.7 Å². The van der Waals surface area contributed by atoms with Gasteiger partial charge in [-0.3, -0.25) is 14.4 Å². The van der Waals surface area contributed by atoms with E-state index in [0.29, 0.717) is 29.2 Å². The van der Waals surface area contributed by atoms with E-state index < -0.39 is 21.9 Å². The second-order valence-corrected chi connectivity index (χ2v) is 10.5. The lowest BCUT2D eigenvalue weighted by atomic mass is 9.95. The molecule has 2 amide bonds. The Morgan fingerprint density at radius 1 is 1.03 bits per heavy atom. The molecule has 1 aliphatic rings. The van der Waals surface area contributed by atoms with E-state index in [4.69, 9.17) is 4.74 Å². The van der Waals surface area contributed by atoms with Crippen LogP contribution in [0.3, 0.4) is 0 Å². The quantitative estimate of drug-likeness (QED) is 0.218. The Labute approximate surface area is 188 Å². The van der Waals surface area contributed by atoms with Crippen LogP contribution < -0.4 is 0 Å². The fourth-order valence-corrected chi connectivity index (χ4v) is 5.51. The molecule has 3 rings (SSSR count). The largest absolute Gasteiger partial charge is 0.466 e.